The molecule has 14 heteroatoms. The average molecular weight is 623 g/mol. The van der Waals surface area contributed by atoms with Gasteiger partial charge in [-0.1, -0.05) is 44.1 Å². The van der Waals surface area contributed by atoms with Gasteiger partial charge in [-0.2, -0.15) is 13.2 Å². The summed E-state index contributed by atoms with van der Waals surface area (Å²) in [7, 11) is -4.40. The molecule has 2 aromatic carbocycles. The third-order valence-electron chi connectivity index (χ3n) is 7.24. The summed E-state index contributed by atoms with van der Waals surface area (Å²) in [5.74, 6) is 0.124. The lowest BCUT2D eigenvalue weighted by Gasteiger charge is -2.44. The van der Waals surface area contributed by atoms with Crippen LogP contribution in [-0.2, 0) is 15.3 Å². The number of hydrogen-bond acceptors (Lipinski definition) is 9. The minimum atomic E-state index is -4.48. The molecular formula is C29H30F4N4O5S. The summed E-state index contributed by atoms with van der Waals surface area (Å²) in [6.07, 6.45) is -4.90. The molecule has 0 saturated heterocycles. The Balaban J connectivity index is 1.34. The number of nitrogens with one attached hydrogen (secondary N) is 1. The molecule has 1 fully saturated rings. The first-order chi connectivity index (χ1) is 20.0. The predicted octanol–water partition coefficient (Wildman–Crippen LogP) is 5.91. The fourth-order valence-corrected chi connectivity index (χ4v) is 6.60. The van der Waals surface area contributed by atoms with Crippen molar-refractivity contribution in [3.8, 4) is 17.3 Å². The van der Waals surface area contributed by atoms with Crippen molar-refractivity contribution in [2.24, 2.45) is 0 Å². The van der Waals surface area contributed by atoms with Crippen molar-refractivity contribution in [1.82, 2.24) is 15.2 Å². The van der Waals surface area contributed by atoms with Gasteiger partial charge in [0, 0.05) is 24.3 Å². The third-order valence-corrected chi connectivity index (χ3v) is 9.16. The lowest BCUT2D eigenvalue weighted by atomic mass is 9.76. The van der Waals surface area contributed by atoms with E-state index in [0.717, 1.165) is 0 Å². The van der Waals surface area contributed by atoms with Gasteiger partial charge < -0.3 is 19.6 Å². The minimum absolute atomic E-state index is 0.0325. The van der Waals surface area contributed by atoms with E-state index < -0.39 is 45.2 Å². The lowest BCUT2D eigenvalue weighted by molar-refractivity contribution is -0.153. The molecule has 1 unspecified atom stereocenters. The van der Waals surface area contributed by atoms with Gasteiger partial charge in [0.15, 0.2) is 6.61 Å². The van der Waals surface area contributed by atoms with Gasteiger partial charge in [-0.15, -0.1) is 5.10 Å². The number of alkyl halides is 4. The molecule has 2 aromatic heterocycles. The van der Waals surface area contributed by atoms with Crippen molar-refractivity contribution in [1.29, 1.82) is 0 Å². The average Bonchev–Trinajstić information content (AvgIpc) is 3.38. The zero-order chi connectivity index (χ0) is 31.4. The third kappa shape index (κ3) is 6.30. The lowest BCUT2D eigenvalue weighted by Crippen LogP contribution is -2.58. The van der Waals surface area contributed by atoms with E-state index in [2.05, 4.69) is 15.5 Å². The summed E-state index contributed by atoms with van der Waals surface area (Å²) in [6.45, 7) is 6.06. The normalized spacial score (nSPS) is 20.1. The number of anilines is 1. The molecule has 0 bridgehead atoms. The second kappa shape index (κ2) is 10.7. The van der Waals surface area contributed by atoms with Crippen molar-refractivity contribution in [2.45, 2.75) is 74.2 Å². The molecule has 1 aliphatic rings. The molecule has 0 amide bonds. The number of halogens is 4. The molecule has 1 saturated carbocycles. The van der Waals surface area contributed by atoms with Gasteiger partial charge in [0.25, 0.3) is 5.89 Å². The maximum Gasteiger partial charge on any atom is 0.422 e. The smallest absolute Gasteiger partial charge is 0.422 e. The van der Waals surface area contributed by atoms with E-state index in [1.54, 1.807) is 25.1 Å². The van der Waals surface area contributed by atoms with Crippen molar-refractivity contribution >= 4 is 26.8 Å². The minimum Gasteiger partial charge on any atom is -0.484 e. The van der Waals surface area contributed by atoms with Crippen LogP contribution in [0.2, 0.25) is 0 Å². The summed E-state index contributed by atoms with van der Waals surface area (Å²) in [6, 6.07) is 11.2. The first kappa shape index (κ1) is 30.7. The quantitative estimate of drug-likeness (QED) is 0.231. The van der Waals surface area contributed by atoms with Gasteiger partial charge in [-0.3, -0.25) is 0 Å². The van der Waals surface area contributed by atoms with E-state index in [9.17, 15) is 26.7 Å². The van der Waals surface area contributed by atoms with Gasteiger partial charge >= 0.3 is 12.2 Å². The van der Waals surface area contributed by atoms with Crippen LogP contribution in [0.3, 0.4) is 0 Å². The van der Waals surface area contributed by atoms with E-state index in [4.69, 9.17) is 14.1 Å². The molecule has 2 N–H and O–H groups in total. The van der Waals surface area contributed by atoms with E-state index >= 15 is 4.39 Å². The summed E-state index contributed by atoms with van der Waals surface area (Å²) in [5.41, 5.74) is -2.90. The van der Waals surface area contributed by atoms with Crippen LogP contribution in [0.25, 0.3) is 22.5 Å². The van der Waals surface area contributed by atoms with Crippen LogP contribution >= 0.6 is 0 Å². The van der Waals surface area contributed by atoms with Crippen LogP contribution in [-0.4, -0.2) is 58.6 Å². The number of rotatable bonds is 8. The Hall–Kier alpha value is -3.78. The molecule has 0 aliphatic heterocycles. The number of aromatic nitrogens is 3. The molecule has 4 aromatic rings. The Morgan fingerprint density at radius 3 is 2.42 bits per heavy atom. The molecule has 2 heterocycles. The Morgan fingerprint density at radius 1 is 1.12 bits per heavy atom. The van der Waals surface area contributed by atoms with Gasteiger partial charge in [-0.25, -0.2) is 17.8 Å². The van der Waals surface area contributed by atoms with Crippen molar-refractivity contribution in [3.05, 3.63) is 59.7 Å². The monoisotopic (exact) mass is 622 g/mol. The van der Waals surface area contributed by atoms with Crippen LogP contribution in [0.5, 0.6) is 5.75 Å². The number of pyridine rings is 1. The van der Waals surface area contributed by atoms with E-state index in [1.165, 1.54) is 30.3 Å². The standard InChI is InChI=1S/C29H30F4N4O5S/c1-16-10-22(35-23-20(16)11-18(41-15-29(31,32)33)12-21(23)27(2,3)4)24-36-37-26(42-24)34-17-13-28(38,14-17)25(30)43(39,40)19-8-6-5-7-9-19/h5-12,17,25,38H,13-15H2,1-4H3,(H,34,37). The highest BCUT2D eigenvalue weighted by Crippen LogP contribution is 2.42. The molecule has 1 atom stereocenters. The number of aryl methyl sites for hydroxylation is 1. The zero-order valence-electron chi connectivity index (χ0n) is 23.7. The van der Waals surface area contributed by atoms with Crippen molar-refractivity contribution in [2.75, 3.05) is 11.9 Å². The maximum absolute atomic E-state index is 15.1. The van der Waals surface area contributed by atoms with Crippen LogP contribution in [0.4, 0.5) is 23.6 Å². The number of fused-ring (bicyclic) bond motifs is 1. The zero-order valence-corrected chi connectivity index (χ0v) is 24.6. The van der Waals surface area contributed by atoms with E-state index in [-0.39, 0.29) is 35.4 Å². The van der Waals surface area contributed by atoms with Crippen LogP contribution in [0, 0.1) is 6.92 Å². The van der Waals surface area contributed by atoms with Gasteiger partial charge in [0.1, 0.15) is 17.0 Å². The first-order valence-electron chi connectivity index (χ1n) is 13.4. The first-order valence-corrected chi connectivity index (χ1v) is 14.9. The van der Waals surface area contributed by atoms with Crippen LogP contribution in [0.1, 0.15) is 44.7 Å². The molecule has 0 spiro atoms. The largest absolute Gasteiger partial charge is 0.484 e. The fourth-order valence-electron chi connectivity index (χ4n) is 5.05. The number of aliphatic hydroxyl groups is 1. The fraction of sp³-hybridized carbons (Fsp3) is 0.414. The van der Waals surface area contributed by atoms with Gasteiger partial charge in [-0.05, 0) is 53.8 Å². The number of ether oxygens (including phenoxy) is 1. The number of benzene rings is 2. The molecule has 1 aliphatic carbocycles. The molecule has 0 radical (unpaired) electrons. The van der Waals surface area contributed by atoms with Crippen molar-refractivity contribution in [3.63, 3.8) is 0 Å². The Morgan fingerprint density at radius 2 is 1.79 bits per heavy atom. The molecule has 230 valence electrons. The number of hydrogen-bond donors (Lipinski definition) is 2. The second-order valence-electron chi connectivity index (χ2n) is 11.8. The highest BCUT2D eigenvalue weighted by molar-refractivity contribution is 7.92. The maximum atomic E-state index is 15.1. The molecular weight excluding hydrogens is 592 g/mol. The van der Waals surface area contributed by atoms with Crippen molar-refractivity contribution < 1.29 is 40.2 Å². The number of sulfone groups is 1. The summed E-state index contributed by atoms with van der Waals surface area (Å²) in [5, 5.41) is 22.2. The summed E-state index contributed by atoms with van der Waals surface area (Å²) in [4.78, 5) is 4.48. The molecule has 43 heavy (non-hydrogen) atoms. The Bertz CT molecular complexity index is 1750. The summed E-state index contributed by atoms with van der Waals surface area (Å²) < 4.78 is 89.4. The Kier molecular flexibility index (Phi) is 7.66. The SMILES string of the molecule is Cc1cc(-c2nnc(NC3CC(O)(C(F)S(=O)(=O)c4ccccc4)C3)o2)nc2c(C(C)(C)C)cc(OCC(F)(F)F)cc12. The molecule has 9 nitrogen and oxygen atoms in total. The highest BCUT2D eigenvalue weighted by Gasteiger charge is 2.55. The van der Waals surface area contributed by atoms with Crippen LogP contribution < -0.4 is 10.1 Å². The second-order valence-corrected chi connectivity index (χ2v) is 13.8. The van der Waals surface area contributed by atoms with Gasteiger partial charge in [0.05, 0.1) is 10.4 Å². The van der Waals surface area contributed by atoms with Gasteiger partial charge in [0.2, 0.25) is 15.3 Å². The number of nitrogens with zero attached hydrogens (tertiary/aromatic N) is 3. The highest BCUT2D eigenvalue weighted by atomic mass is 32.2. The topological polar surface area (TPSA) is 127 Å². The van der Waals surface area contributed by atoms with Crippen LogP contribution in [0.15, 0.2) is 57.8 Å². The summed E-state index contributed by atoms with van der Waals surface area (Å²) >= 11 is 0. The Labute approximate surface area is 245 Å². The van der Waals surface area contributed by atoms with E-state index in [0.29, 0.717) is 27.7 Å². The van der Waals surface area contributed by atoms with E-state index in [1.807, 2.05) is 20.8 Å². The predicted molar refractivity (Wildman–Crippen MR) is 150 cm³/mol. The molecule has 5 rings (SSSR count).